The van der Waals surface area contributed by atoms with Crippen molar-refractivity contribution in [2.24, 2.45) is 0 Å². The first kappa shape index (κ1) is 7.67. The molecule has 8 heavy (non-hydrogen) atoms. The molecule has 0 aliphatic heterocycles. The van der Waals surface area contributed by atoms with Gasteiger partial charge in [0.2, 0.25) is 0 Å². The third kappa shape index (κ3) is 2.10. The van der Waals surface area contributed by atoms with E-state index in [2.05, 4.69) is 6.07 Å². The SMILES string of the molecule is Fc1cc[c-]cc1.[Cu+]. The molecule has 0 aromatic heterocycles. The van der Waals surface area contributed by atoms with E-state index in [9.17, 15) is 4.39 Å². The Morgan fingerprint density at radius 3 is 2.00 bits per heavy atom. The molecule has 46 valence electrons. The van der Waals surface area contributed by atoms with Crippen molar-refractivity contribution in [2.45, 2.75) is 0 Å². The molecule has 1 rings (SSSR count). The van der Waals surface area contributed by atoms with Crippen LogP contribution in [0.25, 0.3) is 0 Å². The zero-order valence-electron chi connectivity index (χ0n) is 3.99. The average Bonchev–Trinajstić information content (AvgIpc) is 1.69. The first-order chi connectivity index (χ1) is 3.39. The Balaban J connectivity index is 0.000000490. The fourth-order valence-electron chi connectivity index (χ4n) is 0.367. The van der Waals surface area contributed by atoms with Gasteiger partial charge in [0, 0.05) is 5.82 Å². The van der Waals surface area contributed by atoms with Crippen LogP contribution in [0.5, 0.6) is 0 Å². The van der Waals surface area contributed by atoms with Gasteiger partial charge in [-0.1, -0.05) is 0 Å². The third-order valence-electron chi connectivity index (χ3n) is 0.678. The van der Waals surface area contributed by atoms with Crippen LogP contribution in [-0.4, -0.2) is 0 Å². The van der Waals surface area contributed by atoms with Crippen LogP contribution >= 0.6 is 0 Å². The second kappa shape index (κ2) is 3.64. The van der Waals surface area contributed by atoms with E-state index >= 15 is 0 Å². The van der Waals surface area contributed by atoms with Crippen molar-refractivity contribution in [1.29, 1.82) is 0 Å². The maximum absolute atomic E-state index is 11.9. The fraction of sp³-hybridized carbons (Fsp3) is 0. The van der Waals surface area contributed by atoms with Crippen LogP contribution in [0.1, 0.15) is 0 Å². The van der Waals surface area contributed by atoms with E-state index < -0.39 is 0 Å². The first-order valence-corrected chi connectivity index (χ1v) is 2.01. The molecule has 0 fully saturated rings. The number of benzene rings is 1. The van der Waals surface area contributed by atoms with Crippen molar-refractivity contribution in [3.8, 4) is 0 Å². The summed E-state index contributed by atoms with van der Waals surface area (Å²) in [4.78, 5) is 0. The molecule has 0 saturated heterocycles. The molecule has 0 heterocycles. The summed E-state index contributed by atoms with van der Waals surface area (Å²) >= 11 is 0. The maximum atomic E-state index is 11.9. The molecule has 0 atom stereocenters. The first-order valence-electron chi connectivity index (χ1n) is 2.01. The van der Waals surface area contributed by atoms with Gasteiger partial charge in [0.25, 0.3) is 0 Å². The van der Waals surface area contributed by atoms with Gasteiger partial charge < -0.3 is 0 Å². The maximum Gasteiger partial charge on any atom is 1.00 e. The second-order valence-electron chi connectivity index (χ2n) is 1.22. The van der Waals surface area contributed by atoms with Crippen LogP contribution in [0.3, 0.4) is 0 Å². The molecule has 0 amide bonds. The van der Waals surface area contributed by atoms with Crippen LogP contribution in [0.15, 0.2) is 24.3 Å². The van der Waals surface area contributed by atoms with Crippen molar-refractivity contribution in [1.82, 2.24) is 0 Å². The van der Waals surface area contributed by atoms with E-state index in [1.165, 1.54) is 24.3 Å². The Labute approximate surface area is 58.2 Å². The van der Waals surface area contributed by atoms with Crippen molar-refractivity contribution < 1.29 is 21.5 Å². The summed E-state index contributed by atoms with van der Waals surface area (Å²) in [6.45, 7) is 0. The zero-order valence-corrected chi connectivity index (χ0v) is 4.93. The molecule has 0 unspecified atom stereocenters. The minimum atomic E-state index is -0.209. The zero-order chi connectivity index (χ0) is 5.11. The van der Waals surface area contributed by atoms with E-state index in [0.29, 0.717) is 0 Å². The smallest absolute Gasteiger partial charge is 0.236 e. The molecule has 0 bridgehead atoms. The van der Waals surface area contributed by atoms with Crippen molar-refractivity contribution in [2.75, 3.05) is 0 Å². The van der Waals surface area contributed by atoms with Gasteiger partial charge in [0.05, 0.1) is 0 Å². The molecule has 0 aliphatic carbocycles. The predicted octanol–water partition coefficient (Wildman–Crippen LogP) is 1.62. The average molecular weight is 159 g/mol. The Hall–Kier alpha value is -0.331. The summed E-state index contributed by atoms with van der Waals surface area (Å²) in [5.41, 5.74) is 0. The van der Waals surface area contributed by atoms with E-state index in [1.807, 2.05) is 0 Å². The molecular formula is C6H4CuF. The van der Waals surface area contributed by atoms with Crippen molar-refractivity contribution in [3.05, 3.63) is 36.1 Å². The van der Waals surface area contributed by atoms with Crippen LogP contribution in [0, 0.1) is 11.9 Å². The predicted molar refractivity (Wildman–Crippen MR) is 25.2 cm³/mol. The number of rotatable bonds is 0. The van der Waals surface area contributed by atoms with E-state index in [-0.39, 0.29) is 22.9 Å². The summed E-state index contributed by atoms with van der Waals surface area (Å²) < 4.78 is 11.9. The van der Waals surface area contributed by atoms with E-state index in [4.69, 9.17) is 0 Å². The van der Waals surface area contributed by atoms with Gasteiger partial charge in [-0.15, -0.1) is 12.1 Å². The van der Waals surface area contributed by atoms with E-state index in [1.54, 1.807) is 0 Å². The summed E-state index contributed by atoms with van der Waals surface area (Å²) in [5, 5.41) is 0. The van der Waals surface area contributed by atoms with Crippen LogP contribution < -0.4 is 0 Å². The van der Waals surface area contributed by atoms with Gasteiger partial charge in [-0.25, -0.2) is 4.39 Å². The van der Waals surface area contributed by atoms with Gasteiger partial charge in [-0.2, -0.15) is 18.2 Å². The molecule has 0 saturated carbocycles. The third-order valence-corrected chi connectivity index (χ3v) is 0.678. The molecule has 0 radical (unpaired) electrons. The van der Waals surface area contributed by atoms with E-state index in [0.717, 1.165) is 0 Å². The molecule has 1 aromatic rings. The van der Waals surface area contributed by atoms with Crippen molar-refractivity contribution in [3.63, 3.8) is 0 Å². The molecule has 0 aliphatic rings. The van der Waals surface area contributed by atoms with Crippen LogP contribution in [0.4, 0.5) is 4.39 Å². The number of halogens is 1. The van der Waals surface area contributed by atoms with Gasteiger partial charge in [-0.3, -0.25) is 0 Å². The summed E-state index contributed by atoms with van der Waals surface area (Å²) in [6, 6.07) is 8.49. The number of hydrogen-bond acceptors (Lipinski definition) is 0. The summed E-state index contributed by atoms with van der Waals surface area (Å²) in [5.74, 6) is -0.209. The molecule has 0 spiro atoms. The van der Waals surface area contributed by atoms with Crippen LogP contribution in [-0.2, 0) is 17.1 Å². The Morgan fingerprint density at radius 2 is 1.75 bits per heavy atom. The normalized spacial score (nSPS) is 7.62. The van der Waals surface area contributed by atoms with Gasteiger partial charge in [-0.05, 0) is 0 Å². The molecular weight excluding hydrogens is 155 g/mol. The molecule has 0 N–H and O–H groups in total. The summed E-state index contributed by atoms with van der Waals surface area (Å²) in [6.07, 6.45) is 0. The number of hydrogen-bond donors (Lipinski definition) is 0. The van der Waals surface area contributed by atoms with Gasteiger partial charge in [0.1, 0.15) is 0 Å². The Bertz CT molecular complexity index is 138. The van der Waals surface area contributed by atoms with Gasteiger partial charge in [0.15, 0.2) is 0 Å². The Morgan fingerprint density at radius 1 is 1.25 bits per heavy atom. The molecule has 1 aromatic carbocycles. The minimum absolute atomic E-state index is 0. The van der Waals surface area contributed by atoms with Crippen molar-refractivity contribution >= 4 is 0 Å². The Kier molecular flexibility index (Phi) is 3.49. The minimum Gasteiger partial charge on any atom is -0.236 e. The molecule has 0 nitrogen and oxygen atoms in total. The fourth-order valence-corrected chi connectivity index (χ4v) is 0.367. The molecule has 2 heteroatoms. The quantitative estimate of drug-likeness (QED) is 0.398. The summed E-state index contributed by atoms with van der Waals surface area (Å²) in [7, 11) is 0. The monoisotopic (exact) mass is 158 g/mol. The van der Waals surface area contributed by atoms with Gasteiger partial charge >= 0.3 is 17.1 Å². The van der Waals surface area contributed by atoms with Crippen LogP contribution in [0.2, 0.25) is 0 Å². The standard InChI is InChI=1S/C6H4F.Cu/c7-6-4-2-1-3-5-6;/h2-5H;/q-1;+1. The topological polar surface area (TPSA) is 0 Å². The largest absolute Gasteiger partial charge is 1.00 e. The second-order valence-corrected chi connectivity index (χ2v) is 1.22.